The van der Waals surface area contributed by atoms with Gasteiger partial charge in [-0.3, -0.25) is 19.3 Å². The molecule has 1 amide bonds. The predicted molar refractivity (Wildman–Crippen MR) is 82.6 cm³/mol. The van der Waals surface area contributed by atoms with Gasteiger partial charge in [0.05, 0.1) is 0 Å². The minimum Gasteiger partial charge on any atom is -0.483 e. The fourth-order valence-corrected chi connectivity index (χ4v) is 2.36. The molecule has 0 aliphatic carbocycles. The number of carboxylic acid groups (broad SMARTS) is 2. The Hall–Kier alpha value is -1.63. The number of hydrogen-bond donors (Lipinski definition) is 3. The molecule has 0 aromatic carbocycles. The zero-order valence-electron chi connectivity index (χ0n) is 13.7. The Morgan fingerprint density at radius 1 is 1.32 bits per heavy atom. The van der Waals surface area contributed by atoms with Gasteiger partial charge in [0.15, 0.2) is 0 Å². The van der Waals surface area contributed by atoms with Crippen molar-refractivity contribution in [3.8, 4) is 0 Å². The highest BCUT2D eigenvalue weighted by Crippen LogP contribution is 2.23. The average Bonchev–Trinajstić information content (AvgIpc) is 2.85. The first-order valence-corrected chi connectivity index (χ1v) is 7.52. The highest BCUT2D eigenvalue weighted by molar-refractivity contribution is 5.76. The van der Waals surface area contributed by atoms with Gasteiger partial charge in [0.2, 0.25) is 5.91 Å². The number of nitrogens with one attached hydrogen (secondary N) is 1. The van der Waals surface area contributed by atoms with Gasteiger partial charge in [-0.15, -0.1) is 0 Å². The molecule has 1 rings (SSSR count). The molecule has 22 heavy (non-hydrogen) atoms. The Bertz CT molecular complexity index is 365. The molecule has 1 atom stereocenters. The van der Waals surface area contributed by atoms with Crippen LogP contribution in [0.3, 0.4) is 0 Å². The van der Waals surface area contributed by atoms with Crippen molar-refractivity contribution in [2.45, 2.75) is 52.0 Å². The van der Waals surface area contributed by atoms with E-state index in [0.717, 1.165) is 19.5 Å². The van der Waals surface area contributed by atoms with E-state index in [1.54, 1.807) is 0 Å². The zero-order chi connectivity index (χ0) is 17.2. The number of amides is 1. The van der Waals surface area contributed by atoms with Crippen LogP contribution in [0.5, 0.6) is 0 Å². The molecule has 128 valence electrons. The number of hydrogen-bond acceptors (Lipinski definition) is 4. The maximum absolute atomic E-state index is 11.5. The molecule has 0 spiro atoms. The SMILES string of the molecule is CC(C)(C)N1CCC(CNC(=O)CCCC(=O)O)C1.O=CO. The Labute approximate surface area is 131 Å². The maximum atomic E-state index is 11.5. The first kappa shape index (κ1) is 20.4. The molecule has 1 aliphatic rings. The van der Waals surface area contributed by atoms with E-state index in [-0.39, 0.29) is 24.3 Å². The van der Waals surface area contributed by atoms with Gasteiger partial charge in [-0.05, 0) is 46.1 Å². The van der Waals surface area contributed by atoms with Crippen LogP contribution in [0.15, 0.2) is 0 Å². The first-order valence-electron chi connectivity index (χ1n) is 7.52. The molecule has 7 nitrogen and oxygen atoms in total. The fraction of sp³-hybridized carbons (Fsp3) is 0.800. The summed E-state index contributed by atoms with van der Waals surface area (Å²) in [4.78, 5) is 32.7. The summed E-state index contributed by atoms with van der Waals surface area (Å²) in [6.45, 7) is 9.19. The Kier molecular flexibility index (Phi) is 9.40. The van der Waals surface area contributed by atoms with Crippen LogP contribution in [-0.4, -0.2) is 58.6 Å². The van der Waals surface area contributed by atoms with E-state index < -0.39 is 5.97 Å². The molecule has 1 unspecified atom stereocenters. The van der Waals surface area contributed by atoms with E-state index >= 15 is 0 Å². The van der Waals surface area contributed by atoms with E-state index in [2.05, 4.69) is 31.0 Å². The van der Waals surface area contributed by atoms with Crippen LogP contribution in [0.4, 0.5) is 0 Å². The van der Waals surface area contributed by atoms with Gasteiger partial charge in [0.25, 0.3) is 6.47 Å². The van der Waals surface area contributed by atoms with E-state index in [4.69, 9.17) is 15.0 Å². The van der Waals surface area contributed by atoms with E-state index in [9.17, 15) is 9.59 Å². The van der Waals surface area contributed by atoms with Crippen molar-refractivity contribution in [2.75, 3.05) is 19.6 Å². The van der Waals surface area contributed by atoms with Crippen LogP contribution in [0.1, 0.15) is 46.5 Å². The minimum absolute atomic E-state index is 0.0320. The van der Waals surface area contributed by atoms with Crippen molar-refractivity contribution in [1.29, 1.82) is 0 Å². The number of carbonyl (C=O) groups excluding carboxylic acids is 1. The van der Waals surface area contributed by atoms with E-state index in [0.29, 0.717) is 25.3 Å². The van der Waals surface area contributed by atoms with Gasteiger partial charge in [-0.25, -0.2) is 0 Å². The number of nitrogens with zero attached hydrogens (tertiary/aromatic N) is 1. The largest absolute Gasteiger partial charge is 0.483 e. The van der Waals surface area contributed by atoms with Gasteiger partial charge in [0.1, 0.15) is 0 Å². The molecule has 1 saturated heterocycles. The Morgan fingerprint density at radius 3 is 2.36 bits per heavy atom. The van der Waals surface area contributed by atoms with Crippen LogP contribution >= 0.6 is 0 Å². The predicted octanol–water partition coefficient (Wildman–Crippen LogP) is 1.18. The molecule has 0 saturated carbocycles. The molecule has 0 aromatic heterocycles. The highest BCUT2D eigenvalue weighted by Gasteiger charge is 2.30. The van der Waals surface area contributed by atoms with Gasteiger partial charge in [0, 0.05) is 31.5 Å². The lowest BCUT2D eigenvalue weighted by Crippen LogP contribution is -2.40. The summed E-state index contributed by atoms with van der Waals surface area (Å²) in [5.74, 6) is -0.359. The number of likely N-dealkylation sites (tertiary alicyclic amines) is 1. The van der Waals surface area contributed by atoms with Gasteiger partial charge in [-0.2, -0.15) is 0 Å². The maximum Gasteiger partial charge on any atom is 0.303 e. The van der Waals surface area contributed by atoms with Crippen LogP contribution in [-0.2, 0) is 14.4 Å². The molecular weight excluding hydrogens is 288 g/mol. The average molecular weight is 316 g/mol. The smallest absolute Gasteiger partial charge is 0.303 e. The fourth-order valence-electron chi connectivity index (χ4n) is 2.36. The second-order valence-corrected chi connectivity index (χ2v) is 6.43. The summed E-state index contributed by atoms with van der Waals surface area (Å²) in [6.07, 6.45) is 1.91. The molecular formula is C15H28N2O5. The molecule has 0 bridgehead atoms. The van der Waals surface area contributed by atoms with Crippen LogP contribution < -0.4 is 5.32 Å². The zero-order valence-corrected chi connectivity index (χ0v) is 13.7. The van der Waals surface area contributed by atoms with Crippen molar-refractivity contribution in [2.24, 2.45) is 5.92 Å². The molecule has 1 aliphatic heterocycles. The lowest BCUT2D eigenvalue weighted by atomic mass is 10.1. The number of carbonyl (C=O) groups is 3. The molecule has 1 heterocycles. The van der Waals surface area contributed by atoms with Gasteiger partial charge in [-0.1, -0.05) is 0 Å². The minimum atomic E-state index is -0.843. The van der Waals surface area contributed by atoms with Crippen molar-refractivity contribution in [3.63, 3.8) is 0 Å². The molecule has 3 N–H and O–H groups in total. The number of rotatable bonds is 6. The quantitative estimate of drug-likeness (QED) is 0.635. The van der Waals surface area contributed by atoms with Crippen LogP contribution in [0.2, 0.25) is 0 Å². The van der Waals surface area contributed by atoms with Crippen LogP contribution in [0, 0.1) is 5.92 Å². The third kappa shape index (κ3) is 9.33. The molecule has 1 fully saturated rings. The van der Waals surface area contributed by atoms with Crippen molar-refractivity contribution < 1.29 is 24.6 Å². The summed E-state index contributed by atoms with van der Waals surface area (Å²) in [6, 6.07) is 0. The lowest BCUT2D eigenvalue weighted by molar-refractivity contribution is -0.137. The first-order chi connectivity index (χ1) is 10.2. The molecule has 0 radical (unpaired) electrons. The summed E-state index contributed by atoms with van der Waals surface area (Å²) in [5.41, 5.74) is 0.195. The Morgan fingerprint density at radius 2 is 1.91 bits per heavy atom. The summed E-state index contributed by atoms with van der Waals surface area (Å²) in [7, 11) is 0. The van der Waals surface area contributed by atoms with Crippen molar-refractivity contribution >= 4 is 18.3 Å². The Balaban J connectivity index is 0.00000135. The molecule has 7 heteroatoms. The third-order valence-electron chi connectivity index (χ3n) is 3.62. The summed E-state index contributed by atoms with van der Waals surface area (Å²) < 4.78 is 0. The second-order valence-electron chi connectivity index (χ2n) is 6.43. The summed E-state index contributed by atoms with van der Waals surface area (Å²) >= 11 is 0. The number of carboxylic acids is 1. The third-order valence-corrected chi connectivity index (χ3v) is 3.62. The van der Waals surface area contributed by atoms with Crippen LogP contribution in [0.25, 0.3) is 0 Å². The van der Waals surface area contributed by atoms with Crippen molar-refractivity contribution in [1.82, 2.24) is 10.2 Å². The summed E-state index contributed by atoms with van der Waals surface area (Å²) in [5, 5.41) is 18.3. The topological polar surface area (TPSA) is 107 Å². The van der Waals surface area contributed by atoms with Crippen molar-refractivity contribution in [3.05, 3.63) is 0 Å². The van der Waals surface area contributed by atoms with E-state index in [1.165, 1.54) is 0 Å². The van der Waals surface area contributed by atoms with Gasteiger partial charge < -0.3 is 15.5 Å². The lowest BCUT2D eigenvalue weighted by Gasteiger charge is -2.31. The molecule has 0 aromatic rings. The number of aliphatic carboxylic acids is 1. The highest BCUT2D eigenvalue weighted by atomic mass is 16.4. The monoisotopic (exact) mass is 316 g/mol. The standard InChI is InChI=1S/C14H26N2O3.CH2O2/c1-14(2,3)16-8-7-11(10-16)9-15-12(17)5-4-6-13(18)19;2-1-3/h11H,4-10H2,1-3H3,(H,15,17)(H,18,19);1H,(H,2,3). The van der Waals surface area contributed by atoms with E-state index in [1.807, 2.05) is 0 Å². The van der Waals surface area contributed by atoms with Gasteiger partial charge >= 0.3 is 5.97 Å². The second kappa shape index (κ2) is 10.2. The normalized spacial score (nSPS) is 18.2.